The number of aromatic carboxylic acids is 1. The molecule has 0 aliphatic carbocycles. The Balaban J connectivity index is 2.57. The van der Waals surface area contributed by atoms with Crippen molar-refractivity contribution in [3.05, 3.63) is 42.0 Å². The summed E-state index contributed by atoms with van der Waals surface area (Å²) in [7, 11) is 1.52. The molecule has 2 aromatic rings. The summed E-state index contributed by atoms with van der Waals surface area (Å²) >= 11 is 0. The number of hydrogen-bond donors (Lipinski definition) is 2. The molecule has 1 atom stereocenters. The third kappa shape index (κ3) is 6.70. The third-order valence-corrected chi connectivity index (χ3v) is 5.96. The number of nitrogens with one attached hydrogen (secondary N) is 1. The highest BCUT2D eigenvalue weighted by molar-refractivity contribution is 7.83. The molecule has 0 spiro atoms. The topological polar surface area (TPSA) is 88.1 Å². The van der Waals surface area contributed by atoms with Crippen molar-refractivity contribution in [1.29, 1.82) is 0 Å². The van der Waals surface area contributed by atoms with E-state index in [1.165, 1.54) is 6.07 Å². The Kier molecular flexibility index (Phi) is 9.81. The highest BCUT2D eigenvalue weighted by Gasteiger charge is 2.23. The number of rotatable bonds is 13. The molecule has 0 heterocycles. The average molecular weight is 449 g/mol. The van der Waals surface area contributed by atoms with Crippen molar-refractivity contribution in [2.45, 2.75) is 44.4 Å². The Morgan fingerprint density at radius 2 is 1.65 bits per heavy atom. The minimum atomic E-state index is -1.62. The van der Waals surface area contributed by atoms with Crippen LogP contribution in [-0.2, 0) is 11.0 Å². The zero-order chi connectivity index (χ0) is 22.8. The van der Waals surface area contributed by atoms with Crippen molar-refractivity contribution >= 4 is 22.6 Å². The van der Waals surface area contributed by atoms with Crippen LogP contribution >= 0.6 is 0 Å². The number of carboxylic acid groups (broad SMARTS) is 1. The van der Waals surface area contributed by atoms with Gasteiger partial charge in [-0.1, -0.05) is 26.7 Å². The summed E-state index contributed by atoms with van der Waals surface area (Å²) in [5.41, 5.74) is 0.697. The van der Waals surface area contributed by atoms with E-state index >= 15 is 0 Å². The molecule has 0 saturated heterocycles. The molecular formula is C23H32N2O5S. The number of anilines is 1. The smallest absolute Gasteiger partial charge is 0.337 e. The fourth-order valence-corrected chi connectivity index (χ4v) is 3.87. The highest BCUT2D eigenvalue weighted by atomic mass is 32.2. The van der Waals surface area contributed by atoms with Crippen molar-refractivity contribution in [2.24, 2.45) is 0 Å². The summed E-state index contributed by atoms with van der Waals surface area (Å²) < 4.78 is 26.5. The van der Waals surface area contributed by atoms with Gasteiger partial charge in [-0.2, -0.15) is 0 Å². The van der Waals surface area contributed by atoms with Crippen LogP contribution in [-0.4, -0.2) is 42.5 Å². The number of carboxylic acids is 1. The van der Waals surface area contributed by atoms with Crippen LogP contribution in [0.3, 0.4) is 0 Å². The Morgan fingerprint density at radius 1 is 1.06 bits per heavy atom. The minimum absolute atomic E-state index is 0.118. The molecule has 31 heavy (non-hydrogen) atoms. The molecule has 0 radical (unpaired) electrons. The first-order valence-corrected chi connectivity index (χ1v) is 11.7. The molecule has 0 fully saturated rings. The molecular weight excluding hydrogens is 416 g/mol. The van der Waals surface area contributed by atoms with Gasteiger partial charge in [-0.05, 0) is 50.2 Å². The zero-order valence-electron chi connectivity index (χ0n) is 18.6. The maximum absolute atomic E-state index is 12.6. The van der Waals surface area contributed by atoms with E-state index in [9.17, 15) is 14.1 Å². The lowest BCUT2D eigenvalue weighted by Crippen LogP contribution is -2.28. The number of carbonyl (C=O) groups is 1. The molecule has 0 amide bonds. The first-order chi connectivity index (χ1) is 14.9. The van der Waals surface area contributed by atoms with Crippen LogP contribution in [0, 0.1) is 0 Å². The summed E-state index contributed by atoms with van der Waals surface area (Å²) in [6.45, 7) is 5.70. The summed E-state index contributed by atoms with van der Waals surface area (Å²) in [5.74, 6) is 0.533. The van der Waals surface area contributed by atoms with E-state index in [4.69, 9.17) is 9.47 Å². The van der Waals surface area contributed by atoms with Crippen molar-refractivity contribution < 1.29 is 23.6 Å². The van der Waals surface area contributed by atoms with Crippen LogP contribution in [0.4, 0.5) is 5.69 Å². The molecule has 1 unspecified atom stereocenters. The monoisotopic (exact) mass is 448 g/mol. The number of unbranched alkanes of at least 4 members (excludes halogenated alkanes) is 2. The van der Waals surface area contributed by atoms with E-state index in [0.29, 0.717) is 22.9 Å². The van der Waals surface area contributed by atoms with Crippen LogP contribution in [0.2, 0.25) is 0 Å². The number of methoxy groups -OCH3 is 1. The van der Waals surface area contributed by atoms with E-state index in [1.54, 1.807) is 44.5 Å². The van der Waals surface area contributed by atoms with Gasteiger partial charge in [0.25, 0.3) is 0 Å². The molecule has 0 aromatic heterocycles. The first kappa shape index (κ1) is 24.7. The second-order valence-corrected chi connectivity index (χ2v) is 8.45. The molecule has 7 nitrogen and oxygen atoms in total. The lowest BCUT2D eigenvalue weighted by atomic mass is 10.1. The number of benzene rings is 2. The van der Waals surface area contributed by atoms with Crippen molar-refractivity contribution in [3.63, 3.8) is 0 Å². The van der Waals surface area contributed by atoms with Gasteiger partial charge in [0.2, 0.25) is 0 Å². The highest BCUT2D eigenvalue weighted by Crippen LogP contribution is 2.35. The van der Waals surface area contributed by atoms with Gasteiger partial charge in [-0.15, -0.1) is 0 Å². The van der Waals surface area contributed by atoms with Gasteiger partial charge in [-0.3, -0.25) is 0 Å². The molecule has 8 heteroatoms. The van der Waals surface area contributed by atoms with Gasteiger partial charge in [0.15, 0.2) is 0 Å². The molecule has 0 aliphatic rings. The van der Waals surface area contributed by atoms with Crippen LogP contribution in [0.25, 0.3) is 0 Å². The molecule has 170 valence electrons. The second-order valence-electron chi connectivity index (χ2n) is 7.07. The Bertz CT molecular complexity index is 878. The van der Waals surface area contributed by atoms with Crippen LogP contribution in [0.15, 0.2) is 41.3 Å². The normalized spacial score (nSPS) is 11.7. The maximum Gasteiger partial charge on any atom is 0.337 e. The van der Waals surface area contributed by atoms with Crippen molar-refractivity contribution in [1.82, 2.24) is 4.72 Å². The fourth-order valence-electron chi connectivity index (χ4n) is 3.14. The summed E-state index contributed by atoms with van der Waals surface area (Å²) in [6, 6.07) is 10.2. The summed E-state index contributed by atoms with van der Waals surface area (Å²) in [5, 5.41) is 9.88. The zero-order valence-corrected chi connectivity index (χ0v) is 19.5. The lowest BCUT2D eigenvalue weighted by molar-refractivity contribution is 0.0697. The summed E-state index contributed by atoms with van der Waals surface area (Å²) in [6.07, 6.45) is 3.90. The van der Waals surface area contributed by atoms with Gasteiger partial charge < -0.3 is 19.5 Å². The Morgan fingerprint density at radius 3 is 2.13 bits per heavy atom. The van der Waals surface area contributed by atoms with Crippen LogP contribution < -0.4 is 19.1 Å². The van der Waals surface area contributed by atoms with E-state index in [1.807, 2.05) is 0 Å². The predicted octanol–water partition coefficient (Wildman–Crippen LogP) is 4.83. The first-order valence-electron chi connectivity index (χ1n) is 10.5. The molecule has 0 bridgehead atoms. The average Bonchev–Trinajstić information content (AvgIpc) is 2.78. The van der Waals surface area contributed by atoms with Gasteiger partial charge >= 0.3 is 5.97 Å². The maximum atomic E-state index is 12.6. The van der Waals surface area contributed by atoms with E-state index in [0.717, 1.165) is 38.8 Å². The number of nitrogens with zero attached hydrogens (tertiary/aromatic N) is 1. The number of hydrogen-bond acceptors (Lipinski definition) is 5. The molecule has 0 aliphatic heterocycles. The standard InChI is InChI=1S/C23H32N2O5S/c1-5-7-13-25(14-8-6-2)20-16-21(30-18-11-9-17(29-4)10-12-18)22(31(28)24-3)15-19(20)23(26)27/h9-12,15-16,24H,5-8,13-14H2,1-4H3,(H,26,27). The quantitative estimate of drug-likeness (QED) is 0.456. The minimum Gasteiger partial charge on any atom is -0.497 e. The molecule has 2 N–H and O–H groups in total. The SMILES string of the molecule is CCCCN(CCCC)c1cc(Oc2ccc(OC)cc2)c(S(=O)NC)cc1C(=O)O. The van der Waals surface area contributed by atoms with E-state index in [2.05, 4.69) is 23.5 Å². The third-order valence-electron chi connectivity index (χ3n) is 4.87. The van der Waals surface area contributed by atoms with Gasteiger partial charge in [0.05, 0.1) is 23.3 Å². The Labute approximate surface area is 187 Å². The fraction of sp³-hybridized carbons (Fsp3) is 0.435. The number of ether oxygens (including phenoxy) is 2. The molecule has 2 rings (SSSR count). The van der Waals surface area contributed by atoms with E-state index < -0.39 is 17.0 Å². The largest absolute Gasteiger partial charge is 0.497 e. The molecule has 0 saturated carbocycles. The van der Waals surface area contributed by atoms with Crippen molar-refractivity contribution in [2.75, 3.05) is 32.1 Å². The van der Waals surface area contributed by atoms with Crippen molar-refractivity contribution in [3.8, 4) is 17.2 Å². The molecule has 2 aromatic carbocycles. The lowest BCUT2D eigenvalue weighted by Gasteiger charge is -2.27. The van der Waals surface area contributed by atoms with Gasteiger partial charge in [-0.25, -0.2) is 13.7 Å². The summed E-state index contributed by atoms with van der Waals surface area (Å²) in [4.78, 5) is 14.4. The van der Waals surface area contributed by atoms with Crippen LogP contribution in [0.1, 0.15) is 49.9 Å². The van der Waals surface area contributed by atoms with Gasteiger partial charge in [0, 0.05) is 19.2 Å². The van der Waals surface area contributed by atoms with Crippen LogP contribution in [0.5, 0.6) is 17.2 Å². The second kappa shape index (κ2) is 12.3. The van der Waals surface area contributed by atoms with E-state index in [-0.39, 0.29) is 10.5 Å². The Hall–Kier alpha value is -2.58. The van der Waals surface area contributed by atoms with Gasteiger partial charge in [0.1, 0.15) is 28.2 Å². The predicted molar refractivity (Wildman–Crippen MR) is 124 cm³/mol.